The molecule has 5 rings (SSSR count). The zero-order chi connectivity index (χ0) is 31.9. The van der Waals surface area contributed by atoms with E-state index in [0.29, 0.717) is 51.9 Å². The third kappa shape index (κ3) is 7.72. The number of hydrogen-bond donors (Lipinski definition) is 1. The minimum absolute atomic E-state index is 0.0581. The largest absolute Gasteiger partial charge is 0.507 e. The van der Waals surface area contributed by atoms with Crippen molar-refractivity contribution in [2.45, 2.75) is 49.7 Å². The predicted molar refractivity (Wildman–Crippen MR) is 174 cm³/mol. The predicted octanol–water partition coefficient (Wildman–Crippen LogP) is 7.81. The van der Waals surface area contributed by atoms with E-state index in [4.69, 9.17) is 9.47 Å². The lowest BCUT2D eigenvalue weighted by Crippen LogP contribution is -2.29. The van der Waals surface area contributed by atoms with Gasteiger partial charge >= 0.3 is 5.91 Å². The first-order valence-electron chi connectivity index (χ1n) is 14.7. The summed E-state index contributed by atoms with van der Waals surface area (Å²) in [4.78, 5) is 28.6. The van der Waals surface area contributed by atoms with Gasteiger partial charge in [0.05, 0.1) is 24.8 Å². The number of nitrogens with zero attached hydrogens (tertiary/aromatic N) is 3. The Hall–Kier alpha value is -4.22. The average Bonchev–Trinajstić information content (AvgIpc) is 3.61. The van der Waals surface area contributed by atoms with Gasteiger partial charge in [-0.25, -0.2) is 4.39 Å². The molecule has 2 heterocycles. The van der Waals surface area contributed by atoms with Crippen LogP contribution in [0.25, 0.3) is 5.76 Å². The highest BCUT2D eigenvalue weighted by Crippen LogP contribution is 2.44. The smallest absolute Gasteiger partial charge is 0.301 e. The Kier molecular flexibility index (Phi) is 10.5. The SMILES string of the molecule is CCCOc1ccc(/C(O)=C2\C(=O)C(=O)N(c3nnc(SCc4ccc(F)cc4)s3)C2c2cccc(OCCC(C)C)c2)cc1. The molecule has 4 aromatic rings. The Bertz CT molecular complexity index is 1670. The van der Waals surface area contributed by atoms with E-state index in [1.54, 1.807) is 54.6 Å². The van der Waals surface area contributed by atoms with Gasteiger partial charge in [-0.05, 0) is 78.4 Å². The van der Waals surface area contributed by atoms with Gasteiger partial charge in [0.25, 0.3) is 5.78 Å². The van der Waals surface area contributed by atoms with Crippen molar-refractivity contribution < 1.29 is 28.6 Å². The number of halogens is 1. The van der Waals surface area contributed by atoms with Crippen LogP contribution in [-0.2, 0) is 15.3 Å². The standard InChI is InChI=1S/C34H34FN3O5S2/c1-4-17-42-26-14-10-23(11-15-26)30(39)28-29(24-6-5-7-27(19-24)43-18-16-21(2)3)38(32(41)31(28)40)33-36-37-34(45-33)44-20-22-8-12-25(35)13-9-22/h5-15,19,21,29,39H,4,16-18,20H2,1-3H3/b30-28+. The molecule has 0 aliphatic carbocycles. The fourth-order valence-electron chi connectivity index (χ4n) is 4.70. The van der Waals surface area contributed by atoms with Crippen LogP contribution in [0, 0.1) is 11.7 Å². The lowest BCUT2D eigenvalue weighted by atomic mass is 9.95. The van der Waals surface area contributed by atoms with Crippen molar-refractivity contribution in [1.29, 1.82) is 0 Å². The van der Waals surface area contributed by atoms with Crippen molar-refractivity contribution in [2.75, 3.05) is 18.1 Å². The quantitative estimate of drug-likeness (QED) is 0.0516. The number of aliphatic hydroxyl groups is 1. The van der Waals surface area contributed by atoms with Gasteiger partial charge in [0.1, 0.15) is 23.1 Å². The van der Waals surface area contributed by atoms with Gasteiger partial charge in [0.15, 0.2) is 4.34 Å². The molecule has 1 aromatic heterocycles. The van der Waals surface area contributed by atoms with Gasteiger partial charge in [-0.1, -0.05) is 68.1 Å². The van der Waals surface area contributed by atoms with Crippen LogP contribution >= 0.6 is 23.1 Å². The maximum absolute atomic E-state index is 13.6. The normalized spacial score (nSPS) is 16.0. The number of thioether (sulfide) groups is 1. The van der Waals surface area contributed by atoms with Crippen LogP contribution in [0.15, 0.2) is 82.7 Å². The number of Topliss-reactive ketones (excluding diaryl/α,β-unsaturated/α-hetero) is 1. The molecule has 1 N–H and O–H groups in total. The molecule has 1 fully saturated rings. The zero-order valence-electron chi connectivity index (χ0n) is 25.2. The second-order valence-corrected chi connectivity index (χ2v) is 13.1. The van der Waals surface area contributed by atoms with E-state index in [1.807, 2.05) is 13.0 Å². The minimum Gasteiger partial charge on any atom is -0.507 e. The molecular weight excluding hydrogens is 614 g/mol. The van der Waals surface area contributed by atoms with Crippen molar-refractivity contribution in [2.24, 2.45) is 5.92 Å². The Balaban J connectivity index is 1.51. The van der Waals surface area contributed by atoms with Crippen LogP contribution in [0.5, 0.6) is 11.5 Å². The molecule has 45 heavy (non-hydrogen) atoms. The summed E-state index contributed by atoms with van der Waals surface area (Å²) in [6.45, 7) is 7.31. The third-order valence-corrected chi connectivity index (χ3v) is 9.19. The molecule has 3 aromatic carbocycles. The van der Waals surface area contributed by atoms with E-state index in [-0.39, 0.29) is 22.3 Å². The lowest BCUT2D eigenvalue weighted by Gasteiger charge is -2.23. The molecular formula is C34H34FN3O5S2. The summed E-state index contributed by atoms with van der Waals surface area (Å²) in [6, 6.07) is 19.1. The molecule has 1 atom stereocenters. The van der Waals surface area contributed by atoms with Crippen LogP contribution in [-0.4, -0.2) is 40.2 Å². The molecule has 1 unspecified atom stereocenters. The average molecular weight is 648 g/mol. The summed E-state index contributed by atoms with van der Waals surface area (Å²) in [5.41, 5.74) is 1.80. The van der Waals surface area contributed by atoms with Crippen LogP contribution in [0.1, 0.15) is 56.3 Å². The number of rotatable bonds is 13. The highest BCUT2D eigenvalue weighted by Gasteiger charge is 2.48. The molecule has 0 radical (unpaired) electrons. The first-order valence-corrected chi connectivity index (χ1v) is 16.5. The number of ketones is 1. The first-order chi connectivity index (χ1) is 21.7. The Morgan fingerprint density at radius 3 is 2.44 bits per heavy atom. The van der Waals surface area contributed by atoms with Crippen LogP contribution in [0.4, 0.5) is 9.52 Å². The highest BCUT2D eigenvalue weighted by molar-refractivity contribution is 8.00. The van der Waals surface area contributed by atoms with Crippen molar-refractivity contribution in [3.05, 3.63) is 101 Å². The van der Waals surface area contributed by atoms with E-state index < -0.39 is 17.7 Å². The van der Waals surface area contributed by atoms with Gasteiger partial charge in [0, 0.05) is 11.3 Å². The van der Waals surface area contributed by atoms with Gasteiger partial charge in [0.2, 0.25) is 5.13 Å². The maximum Gasteiger partial charge on any atom is 0.301 e. The number of benzene rings is 3. The summed E-state index contributed by atoms with van der Waals surface area (Å²) >= 11 is 2.55. The zero-order valence-corrected chi connectivity index (χ0v) is 26.9. The van der Waals surface area contributed by atoms with Crippen molar-refractivity contribution in [3.63, 3.8) is 0 Å². The minimum atomic E-state index is -0.974. The van der Waals surface area contributed by atoms with E-state index in [2.05, 4.69) is 24.0 Å². The topological polar surface area (TPSA) is 102 Å². The van der Waals surface area contributed by atoms with Crippen LogP contribution in [0.3, 0.4) is 0 Å². The molecule has 1 aliphatic heterocycles. The van der Waals surface area contributed by atoms with E-state index in [0.717, 1.165) is 29.7 Å². The fraction of sp³-hybridized carbons (Fsp3) is 0.294. The number of hydrogen-bond acceptors (Lipinski definition) is 9. The second kappa shape index (κ2) is 14.7. The van der Waals surface area contributed by atoms with Crippen molar-refractivity contribution in [3.8, 4) is 11.5 Å². The Morgan fingerprint density at radius 2 is 1.73 bits per heavy atom. The number of carbonyl (C=O) groups is 2. The second-order valence-electron chi connectivity index (χ2n) is 10.9. The monoisotopic (exact) mass is 647 g/mol. The number of anilines is 1. The van der Waals surface area contributed by atoms with Crippen molar-refractivity contribution in [1.82, 2.24) is 10.2 Å². The lowest BCUT2D eigenvalue weighted by molar-refractivity contribution is -0.132. The maximum atomic E-state index is 13.6. The van der Waals surface area contributed by atoms with E-state index in [1.165, 1.54) is 28.8 Å². The molecule has 0 spiro atoms. The molecule has 1 amide bonds. The number of ether oxygens (including phenoxy) is 2. The Labute approximate surface area is 269 Å². The number of amides is 1. The van der Waals surface area contributed by atoms with E-state index in [9.17, 15) is 19.1 Å². The summed E-state index contributed by atoms with van der Waals surface area (Å²) in [6.07, 6.45) is 1.72. The molecule has 0 bridgehead atoms. The Morgan fingerprint density at radius 1 is 1.00 bits per heavy atom. The van der Waals surface area contributed by atoms with Crippen molar-refractivity contribution >= 4 is 45.7 Å². The van der Waals surface area contributed by atoms with Crippen LogP contribution < -0.4 is 14.4 Å². The van der Waals surface area contributed by atoms with E-state index >= 15 is 0 Å². The molecule has 11 heteroatoms. The van der Waals surface area contributed by atoms with Gasteiger partial charge in [-0.2, -0.15) is 0 Å². The van der Waals surface area contributed by atoms with Gasteiger partial charge in [-0.3, -0.25) is 14.5 Å². The summed E-state index contributed by atoms with van der Waals surface area (Å²) < 4.78 is 25.5. The number of carbonyl (C=O) groups excluding carboxylic acids is 2. The summed E-state index contributed by atoms with van der Waals surface area (Å²) in [5, 5.41) is 20.3. The molecule has 1 aliphatic rings. The molecule has 8 nitrogen and oxygen atoms in total. The fourth-order valence-corrected chi connectivity index (χ4v) is 6.52. The molecule has 1 saturated heterocycles. The van der Waals surface area contributed by atoms with Gasteiger partial charge < -0.3 is 14.6 Å². The third-order valence-electron chi connectivity index (χ3n) is 7.06. The molecule has 234 valence electrons. The number of aromatic nitrogens is 2. The number of aliphatic hydroxyl groups excluding tert-OH is 1. The summed E-state index contributed by atoms with van der Waals surface area (Å²) in [7, 11) is 0. The highest BCUT2D eigenvalue weighted by atomic mass is 32.2. The first kappa shape index (κ1) is 32.2. The summed E-state index contributed by atoms with van der Waals surface area (Å²) in [5.74, 6) is -0.0544. The molecule has 0 saturated carbocycles. The van der Waals surface area contributed by atoms with Gasteiger partial charge in [-0.15, -0.1) is 10.2 Å². The van der Waals surface area contributed by atoms with Crippen LogP contribution in [0.2, 0.25) is 0 Å².